The lowest BCUT2D eigenvalue weighted by Crippen LogP contribution is -2.35. The van der Waals surface area contributed by atoms with Crippen molar-refractivity contribution in [1.82, 2.24) is 5.32 Å². The highest BCUT2D eigenvalue weighted by molar-refractivity contribution is 6.31. The lowest BCUT2D eigenvalue weighted by atomic mass is 10.0. The first-order chi connectivity index (χ1) is 9.23. The van der Waals surface area contributed by atoms with Gasteiger partial charge >= 0.3 is 6.09 Å². The molecule has 1 atom stereocenters. The number of hydrogen-bond acceptors (Lipinski definition) is 3. The molecule has 0 aliphatic rings. The fourth-order valence-corrected chi connectivity index (χ4v) is 1.89. The first-order valence-electron chi connectivity index (χ1n) is 6.11. The molecular formula is C14H17ClFNO3. The van der Waals surface area contributed by atoms with Crippen LogP contribution in [0.15, 0.2) is 18.2 Å². The van der Waals surface area contributed by atoms with Crippen LogP contribution >= 0.6 is 11.6 Å². The Bertz CT molecular complexity index is 500. The van der Waals surface area contributed by atoms with Crippen LogP contribution < -0.4 is 5.32 Å². The van der Waals surface area contributed by atoms with E-state index >= 15 is 0 Å². The summed E-state index contributed by atoms with van der Waals surface area (Å²) in [7, 11) is 0. The molecule has 4 nitrogen and oxygen atoms in total. The molecule has 110 valence electrons. The van der Waals surface area contributed by atoms with Gasteiger partial charge in [-0.2, -0.15) is 0 Å². The second kappa shape index (κ2) is 6.70. The Morgan fingerprint density at radius 1 is 1.50 bits per heavy atom. The van der Waals surface area contributed by atoms with Crippen molar-refractivity contribution < 1.29 is 18.7 Å². The van der Waals surface area contributed by atoms with E-state index in [1.807, 2.05) is 0 Å². The van der Waals surface area contributed by atoms with Crippen LogP contribution in [0, 0.1) is 5.82 Å². The fraction of sp³-hybridized carbons (Fsp3) is 0.429. The molecule has 1 aromatic carbocycles. The van der Waals surface area contributed by atoms with Crippen molar-refractivity contribution >= 4 is 24.0 Å². The van der Waals surface area contributed by atoms with Crippen molar-refractivity contribution in [3.8, 4) is 0 Å². The van der Waals surface area contributed by atoms with Crippen LogP contribution in [0.5, 0.6) is 0 Å². The number of carbonyl (C=O) groups excluding carboxylic acids is 2. The molecule has 0 fully saturated rings. The second-order valence-corrected chi connectivity index (χ2v) is 5.67. The number of benzene rings is 1. The zero-order valence-electron chi connectivity index (χ0n) is 11.6. The van der Waals surface area contributed by atoms with Gasteiger partial charge in [-0.3, -0.25) is 0 Å². The first kappa shape index (κ1) is 16.4. The molecule has 1 rings (SSSR count). The molecule has 0 heterocycles. The molecule has 20 heavy (non-hydrogen) atoms. The second-order valence-electron chi connectivity index (χ2n) is 5.27. The van der Waals surface area contributed by atoms with E-state index in [0.29, 0.717) is 11.8 Å². The quantitative estimate of drug-likeness (QED) is 0.864. The van der Waals surface area contributed by atoms with Crippen molar-refractivity contribution in [1.29, 1.82) is 0 Å². The lowest BCUT2D eigenvalue weighted by Gasteiger charge is -2.23. The minimum absolute atomic E-state index is 0.0184. The van der Waals surface area contributed by atoms with Crippen molar-refractivity contribution in [3.63, 3.8) is 0 Å². The zero-order valence-corrected chi connectivity index (χ0v) is 12.3. The minimum Gasteiger partial charge on any atom is -0.444 e. The average Bonchev–Trinajstić information content (AvgIpc) is 2.25. The number of aldehydes is 1. The van der Waals surface area contributed by atoms with Crippen LogP contribution in [0.4, 0.5) is 9.18 Å². The molecule has 0 aliphatic carbocycles. The Balaban J connectivity index is 2.89. The summed E-state index contributed by atoms with van der Waals surface area (Å²) < 4.78 is 18.1. The van der Waals surface area contributed by atoms with E-state index in [4.69, 9.17) is 16.3 Å². The van der Waals surface area contributed by atoms with Crippen LogP contribution in [0.1, 0.15) is 38.8 Å². The number of nitrogens with one attached hydrogen (secondary N) is 1. The van der Waals surface area contributed by atoms with Crippen molar-refractivity contribution in [2.45, 2.75) is 38.8 Å². The van der Waals surface area contributed by atoms with E-state index < -0.39 is 23.6 Å². The van der Waals surface area contributed by atoms with Crippen LogP contribution in [0.25, 0.3) is 0 Å². The number of hydrogen-bond donors (Lipinski definition) is 1. The number of carbonyl (C=O) groups is 2. The third-order valence-corrected chi connectivity index (χ3v) is 2.69. The molecule has 0 bridgehead atoms. The Kier molecular flexibility index (Phi) is 5.51. The smallest absolute Gasteiger partial charge is 0.408 e. The number of alkyl carbamates (subject to hydrolysis) is 1. The maximum atomic E-state index is 13.0. The molecule has 0 unspecified atom stereocenters. The topological polar surface area (TPSA) is 55.4 Å². The maximum Gasteiger partial charge on any atom is 0.408 e. The molecule has 0 aliphatic heterocycles. The van der Waals surface area contributed by atoms with Crippen molar-refractivity contribution in [3.05, 3.63) is 34.6 Å². The first-order valence-corrected chi connectivity index (χ1v) is 6.49. The minimum atomic E-state index is -0.662. The maximum absolute atomic E-state index is 13.0. The summed E-state index contributed by atoms with van der Waals surface area (Å²) in [6.07, 6.45) is 0.0107. The van der Waals surface area contributed by atoms with Gasteiger partial charge in [-0.05, 0) is 38.5 Å². The van der Waals surface area contributed by atoms with Crippen molar-refractivity contribution in [2.75, 3.05) is 0 Å². The Morgan fingerprint density at radius 3 is 2.65 bits per heavy atom. The molecule has 0 radical (unpaired) electrons. The van der Waals surface area contributed by atoms with Gasteiger partial charge in [-0.25, -0.2) is 9.18 Å². The van der Waals surface area contributed by atoms with Crippen LogP contribution in [0.3, 0.4) is 0 Å². The predicted molar refractivity (Wildman–Crippen MR) is 74.2 cm³/mol. The van der Waals surface area contributed by atoms with E-state index in [1.165, 1.54) is 12.1 Å². The van der Waals surface area contributed by atoms with E-state index in [2.05, 4.69) is 5.32 Å². The highest BCUT2D eigenvalue weighted by atomic mass is 35.5. The molecule has 0 aromatic heterocycles. The van der Waals surface area contributed by atoms with E-state index in [1.54, 1.807) is 20.8 Å². The summed E-state index contributed by atoms with van der Waals surface area (Å²) in [5, 5.41) is 2.70. The van der Waals surface area contributed by atoms with Gasteiger partial charge in [0.05, 0.1) is 6.04 Å². The standard InChI is InChI=1S/C14H17ClFNO3/c1-14(2,3)20-13(19)17-12(6-7-18)10-5-4-9(16)8-11(10)15/h4-5,7-8,12H,6H2,1-3H3,(H,17,19)/t12-/m0/s1. The Hall–Kier alpha value is -1.62. The van der Waals surface area contributed by atoms with E-state index in [0.717, 1.165) is 6.07 Å². The normalized spacial score (nSPS) is 12.7. The van der Waals surface area contributed by atoms with Gasteiger partial charge in [0.15, 0.2) is 0 Å². The highest BCUT2D eigenvalue weighted by Crippen LogP contribution is 2.26. The summed E-state index contributed by atoms with van der Waals surface area (Å²) in [4.78, 5) is 22.5. The number of rotatable bonds is 4. The monoisotopic (exact) mass is 301 g/mol. The highest BCUT2D eigenvalue weighted by Gasteiger charge is 2.21. The Morgan fingerprint density at radius 2 is 2.15 bits per heavy atom. The van der Waals surface area contributed by atoms with Gasteiger partial charge in [0.2, 0.25) is 0 Å². The summed E-state index contributed by atoms with van der Waals surface area (Å²) in [6.45, 7) is 5.19. The number of amides is 1. The van der Waals surface area contributed by atoms with Crippen LogP contribution in [-0.4, -0.2) is 18.0 Å². The summed E-state index contributed by atoms with van der Waals surface area (Å²) in [5.74, 6) is -0.485. The molecule has 1 N–H and O–H groups in total. The number of ether oxygens (including phenoxy) is 1. The Labute approximate surface area is 122 Å². The molecule has 6 heteroatoms. The van der Waals surface area contributed by atoms with E-state index in [-0.39, 0.29) is 11.4 Å². The van der Waals surface area contributed by atoms with Gasteiger partial charge in [0, 0.05) is 11.4 Å². The molecule has 1 aromatic rings. The van der Waals surface area contributed by atoms with E-state index in [9.17, 15) is 14.0 Å². The molecule has 0 saturated heterocycles. The molecule has 0 saturated carbocycles. The molecular weight excluding hydrogens is 285 g/mol. The molecule has 1 amide bonds. The average molecular weight is 302 g/mol. The van der Waals surface area contributed by atoms with Gasteiger partial charge in [-0.1, -0.05) is 17.7 Å². The van der Waals surface area contributed by atoms with Gasteiger partial charge in [-0.15, -0.1) is 0 Å². The summed E-state index contributed by atoms with van der Waals surface area (Å²) in [6, 6.07) is 3.13. The predicted octanol–water partition coefficient (Wildman–Crippen LogP) is 3.63. The SMILES string of the molecule is CC(C)(C)OC(=O)N[C@@H](CC=O)c1ccc(F)cc1Cl. The van der Waals surface area contributed by atoms with Gasteiger partial charge in [0.1, 0.15) is 17.7 Å². The summed E-state index contributed by atoms with van der Waals surface area (Å²) >= 11 is 5.93. The third kappa shape index (κ3) is 5.17. The third-order valence-electron chi connectivity index (χ3n) is 2.36. The van der Waals surface area contributed by atoms with Crippen LogP contribution in [-0.2, 0) is 9.53 Å². The fourth-order valence-electron chi connectivity index (χ4n) is 1.59. The summed E-state index contributed by atoms with van der Waals surface area (Å²) in [5.41, 5.74) is -0.186. The zero-order chi connectivity index (χ0) is 15.3. The van der Waals surface area contributed by atoms with Crippen molar-refractivity contribution in [2.24, 2.45) is 0 Å². The number of halogens is 2. The van der Waals surface area contributed by atoms with Gasteiger partial charge < -0.3 is 14.8 Å². The largest absolute Gasteiger partial charge is 0.444 e. The van der Waals surface area contributed by atoms with Gasteiger partial charge in [0.25, 0.3) is 0 Å². The lowest BCUT2D eigenvalue weighted by molar-refractivity contribution is -0.108. The molecule has 0 spiro atoms. The van der Waals surface area contributed by atoms with Crippen LogP contribution in [0.2, 0.25) is 5.02 Å².